The Balaban J connectivity index is 1.90. The van der Waals surface area contributed by atoms with Crippen molar-refractivity contribution in [2.45, 2.75) is 58.7 Å². The van der Waals surface area contributed by atoms with Crippen molar-refractivity contribution in [3.63, 3.8) is 0 Å². The molecule has 0 saturated carbocycles. The highest BCUT2D eigenvalue weighted by molar-refractivity contribution is 7.92. The summed E-state index contributed by atoms with van der Waals surface area (Å²) in [5, 5.41) is 3.05. The number of anilines is 1. The quantitative estimate of drug-likeness (QED) is 0.781. The predicted octanol–water partition coefficient (Wildman–Crippen LogP) is 3.88. The lowest BCUT2D eigenvalue weighted by Gasteiger charge is -2.38. The number of carbonyl (C=O) groups excluding carboxylic acids is 1. The fourth-order valence-electron chi connectivity index (χ4n) is 3.89. The number of benzene rings is 2. The second-order valence-corrected chi connectivity index (χ2v) is 10.5. The number of rotatable bonds is 5. The van der Waals surface area contributed by atoms with Gasteiger partial charge in [0.05, 0.1) is 18.0 Å². The third-order valence-electron chi connectivity index (χ3n) is 5.53. The van der Waals surface area contributed by atoms with Gasteiger partial charge in [-0.05, 0) is 63.9 Å². The number of hydrogen-bond donors (Lipinski definition) is 1. The molecule has 30 heavy (non-hydrogen) atoms. The number of fused-ring (bicyclic) bond motifs is 1. The molecular formula is C23H30N2O4S. The zero-order chi connectivity index (χ0) is 22.3. The molecule has 0 aliphatic carbocycles. The molecule has 1 aliphatic rings. The molecule has 0 radical (unpaired) electrons. The topological polar surface area (TPSA) is 75.7 Å². The van der Waals surface area contributed by atoms with Gasteiger partial charge in [0.1, 0.15) is 17.4 Å². The van der Waals surface area contributed by atoms with Crippen LogP contribution < -0.4 is 14.4 Å². The first-order valence-electron chi connectivity index (χ1n) is 10.0. The highest BCUT2D eigenvalue weighted by Gasteiger charge is 2.36. The average Bonchev–Trinajstić information content (AvgIpc) is 2.62. The first kappa shape index (κ1) is 22.2. The Bertz CT molecular complexity index is 1060. The third-order valence-corrected chi connectivity index (χ3v) is 6.77. The van der Waals surface area contributed by atoms with Gasteiger partial charge in [-0.25, -0.2) is 8.42 Å². The molecule has 0 spiro atoms. The number of sulfonamides is 1. The summed E-state index contributed by atoms with van der Waals surface area (Å²) in [6.07, 6.45) is 1.71. The van der Waals surface area contributed by atoms with E-state index in [1.165, 1.54) is 4.31 Å². The minimum atomic E-state index is -3.67. The molecule has 1 N–H and O–H groups in total. The van der Waals surface area contributed by atoms with Crippen LogP contribution >= 0.6 is 0 Å². The molecule has 162 valence electrons. The van der Waals surface area contributed by atoms with Crippen molar-refractivity contribution in [1.82, 2.24) is 5.32 Å². The fourth-order valence-corrected chi connectivity index (χ4v) is 5.06. The standard InChI is InChI=1S/C23H30N2O4S/c1-15-11-12-18(13-16(15)2)25(30(6,27)28)17(3)22(26)24-20-14-23(4,5)29-21-10-8-7-9-19(20)21/h7-13,17,20H,14H2,1-6H3,(H,24,26)/t17-,20+/m0/s1. The lowest BCUT2D eigenvalue weighted by molar-refractivity contribution is -0.123. The molecule has 2 atom stereocenters. The largest absolute Gasteiger partial charge is 0.487 e. The van der Waals surface area contributed by atoms with Gasteiger partial charge in [-0.15, -0.1) is 0 Å². The van der Waals surface area contributed by atoms with E-state index >= 15 is 0 Å². The van der Waals surface area contributed by atoms with Crippen LogP contribution in [0.1, 0.15) is 49.9 Å². The molecule has 0 unspecified atom stereocenters. The van der Waals surface area contributed by atoms with Crippen LogP contribution in [-0.2, 0) is 14.8 Å². The molecule has 1 aliphatic heterocycles. The summed E-state index contributed by atoms with van der Waals surface area (Å²) in [5.74, 6) is 0.386. The summed E-state index contributed by atoms with van der Waals surface area (Å²) in [6, 6.07) is 11.8. The van der Waals surface area contributed by atoms with Gasteiger partial charge < -0.3 is 10.1 Å². The summed E-state index contributed by atoms with van der Waals surface area (Å²) < 4.78 is 32.4. The number of hydrogen-bond acceptors (Lipinski definition) is 4. The average molecular weight is 431 g/mol. The van der Waals surface area contributed by atoms with Crippen LogP contribution in [0, 0.1) is 13.8 Å². The Morgan fingerprint density at radius 2 is 1.83 bits per heavy atom. The van der Waals surface area contributed by atoms with E-state index in [-0.39, 0.29) is 11.9 Å². The zero-order valence-corrected chi connectivity index (χ0v) is 19.2. The maximum atomic E-state index is 13.2. The summed E-state index contributed by atoms with van der Waals surface area (Å²) in [6.45, 7) is 9.45. The lowest BCUT2D eigenvalue weighted by atomic mass is 9.89. The zero-order valence-electron chi connectivity index (χ0n) is 18.4. The van der Waals surface area contributed by atoms with Crippen molar-refractivity contribution in [2.75, 3.05) is 10.6 Å². The van der Waals surface area contributed by atoms with Gasteiger partial charge in [0.15, 0.2) is 0 Å². The number of amides is 1. The normalized spacial score (nSPS) is 18.7. The first-order valence-corrected chi connectivity index (χ1v) is 11.9. The summed E-state index contributed by atoms with van der Waals surface area (Å²) in [7, 11) is -3.67. The van der Waals surface area contributed by atoms with E-state index in [9.17, 15) is 13.2 Å². The maximum Gasteiger partial charge on any atom is 0.244 e. The van der Waals surface area contributed by atoms with Crippen LogP contribution in [0.15, 0.2) is 42.5 Å². The molecule has 6 nitrogen and oxygen atoms in total. The Hall–Kier alpha value is -2.54. The van der Waals surface area contributed by atoms with Gasteiger partial charge >= 0.3 is 0 Å². The van der Waals surface area contributed by atoms with E-state index in [0.29, 0.717) is 12.1 Å². The molecule has 3 rings (SSSR count). The Kier molecular flexibility index (Phi) is 5.87. The van der Waals surface area contributed by atoms with Crippen molar-refractivity contribution in [3.8, 4) is 5.75 Å². The van der Waals surface area contributed by atoms with Gasteiger partial charge in [0, 0.05) is 12.0 Å². The van der Waals surface area contributed by atoms with Crippen molar-refractivity contribution in [3.05, 3.63) is 59.2 Å². The van der Waals surface area contributed by atoms with Crippen LogP contribution in [0.5, 0.6) is 5.75 Å². The Morgan fingerprint density at radius 1 is 1.17 bits per heavy atom. The SMILES string of the molecule is Cc1ccc(N([C@@H](C)C(=O)N[C@@H]2CC(C)(C)Oc3ccccc32)S(C)(=O)=O)cc1C. The van der Waals surface area contributed by atoms with E-state index in [1.807, 2.05) is 58.0 Å². The predicted molar refractivity (Wildman–Crippen MR) is 119 cm³/mol. The summed E-state index contributed by atoms with van der Waals surface area (Å²) in [5.41, 5.74) is 2.96. The molecule has 7 heteroatoms. The number of nitrogens with zero attached hydrogens (tertiary/aromatic N) is 1. The van der Waals surface area contributed by atoms with Crippen molar-refractivity contribution in [1.29, 1.82) is 0 Å². The summed E-state index contributed by atoms with van der Waals surface area (Å²) >= 11 is 0. The van der Waals surface area contributed by atoms with E-state index < -0.39 is 21.7 Å². The first-order chi connectivity index (χ1) is 13.9. The van der Waals surface area contributed by atoms with Gasteiger partial charge in [0.2, 0.25) is 15.9 Å². The van der Waals surface area contributed by atoms with Crippen molar-refractivity contribution >= 4 is 21.6 Å². The monoisotopic (exact) mass is 430 g/mol. The molecule has 2 aromatic carbocycles. The Morgan fingerprint density at radius 3 is 2.47 bits per heavy atom. The van der Waals surface area contributed by atoms with Crippen molar-refractivity contribution in [2.24, 2.45) is 0 Å². The molecule has 0 saturated heterocycles. The fraction of sp³-hybridized carbons (Fsp3) is 0.435. The number of ether oxygens (including phenoxy) is 1. The van der Waals surface area contributed by atoms with Crippen LogP contribution in [0.3, 0.4) is 0 Å². The minimum absolute atomic E-state index is 0.263. The number of carbonyl (C=O) groups is 1. The lowest BCUT2D eigenvalue weighted by Crippen LogP contribution is -2.50. The third kappa shape index (κ3) is 4.61. The van der Waals surface area contributed by atoms with E-state index in [4.69, 9.17) is 4.74 Å². The molecule has 2 aromatic rings. The second-order valence-electron chi connectivity index (χ2n) is 8.67. The molecule has 1 heterocycles. The van der Waals surface area contributed by atoms with Crippen molar-refractivity contribution < 1.29 is 17.9 Å². The summed E-state index contributed by atoms with van der Waals surface area (Å²) in [4.78, 5) is 13.2. The van der Waals surface area contributed by atoms with Gasteiger partial charge in [0.25, 0.3) is 0 Å². The molecule has 1 amide bonds. The molecule has 0 bridgehead atoms. The smallest absolute Gasteiger partial charge is 0.244 e. The highest BCUT2D eigenvalue weighted by atomic mass is 32.2. The molecule has 0 aromatic heterocycles. The van der Waals surface area contributed by atoms with Crippen LogP contribution in [0.4, 0.5) is 5.69 Å². The Labute approximate surface area is 179 Å². The highest BCUT2D eigenvalue weighted by Crippen LogP contribution is 2.39. The van der Waals surface area contributed by atoms with E-state index in [2.05, 4.69) is 5.32 Å². The van der Waals surface area contributed by atoms with Crippen LogP contribution in [-0.4, -0.2) is 32.2 Å². The van der Waals surface area contributed by atoms with Crippen LogP contribution in [0.25, 0.3) is 0 Å². The minimum Gasteiger partial charge on any atom is -0.487 e. The number of para-hydroxylation sites is 1. The van der Waals surface area contributed by atoms with Gasteiger partial charge in [-0.3, -0.25) is 9.10 Å². The van der Waals surface area contributed by atoms with Gasteiger partial charge in [-0.2, -0.15) is 0 Å². The molecular weight excluding hydrogens is 400 g/mol. The number of nitrogens with one attached hydrogen (secondary N) is 1. The van der Waals surface area contributed by atoms with E-state index in [0.717, 1.165) is 28.7 Å². The van der Waals surface area contributed by atoms with Gasteiger partial charge in [-0.1, -0.05) is 24.3 Å². The maximum absolute atomic E-state index is 13.2. The number of aryl methyl sites for hydroxylation is 2. The van der Waals surface area contributed by atoms with E-state index in [1.54, 1.807) is 19.1 Å². The second kappa shape index (κ2) is 7.95. The van der Waals surface area contributed by atoms with Crippen LogP contribution in [0.2, 0.25) is 0 Å². The molecule has 0 fully saturated rings.